The van der Waals surface area contributed by atoms with Crippen LogP contribution in [0.2, 0.25) is 0 Å². The van der Waals surface area contributed by atoms with Crippen LogP contribution in [0.15, 0.2) is 28.7 Å². The Morgan fingerprint density at radius 3 is 2.75 bits per heavy atom. The lowest BCUT2D eigenvalue weighted by atomic mass is 10.1. The van der Waals surface area contributed by atoms with Gasteiger partial charge in [0.25, 0.3) is 0 Å². The van der Waals surface area contributed by atoms with E-state index < -0.39 is 0 Å². The molecule has 0 bridgehead atoms. The number of hydrogen-bond acceptors (Lipinski definition) is 2. The van der Waals surface area contributed by atoms with Crippen LogP contribution in [0.5, 0.6) is 0 Å². The third-order valence-electron chi connectivity index (χ3n) is 3.04. The second-order valence-corrected chi connectivity index (χ2v) is 5.22. The molecule has 1 aromatic rings. The molecule has 86 valence electrons. The Bertz CT molecular complexity index is 387. The van der Waals surface area contributed by atoms with E-state index in [9.17, 15) is 4.79 Å². The average Bonchev–Trinajstić information content (AvgIpc) is 3.10. The van der Waals surface area contributed by atoms with E-state index in [0.717, 1.165) is 22.6 Å². The van der Waals surface area contributed by atoms with Gasteiger partial charge in [-0.1, -0.05) is 34.1 Å². The lowest BCUT2D eigenvalue weighted by Crippen LogP contribution is -2.24. The van der Waals surface area contributed by atoms with Crippen molar-refractivity contribution in [1.29, 1.82) is 0 Å². The molecule has 0 spiro atoms. The summed E-state index contributed by atoms with van der Waals surface area (Å²) in [6, 6.07) is 8.35. The molecule has 1 aliphatic carbocycles. The van der Waals surface area contributed by atoms with Crippen LogP contribution in [0.4, 0.5) is 0 Å². The number of hydrogen-bond donors (Lipinski definition) is 0. The molecule has 1 aromatic carbocycles. The maximum Gasteiger partial charge on any atom is 0.165 e. The van der Waals surface area contributed by atoms with E-state index in [4.69, 9.17) is 0 Å². The van der Waals surface area contributed by atoms with Gasteiger partial charge < -0.3 is 4.90 Å². The molecule has 0 N–H and O–H groups in total. The van der Waals surface area contributed by atoms with Crippen molar-refractivity contribution in [3.05, 3.63) is 34.3 Å². The zero-order valence-electron chi connectivity index (χ0n) is 9.45. The quantitative estimate of drug-likeness (QED) is 0.773. The fourth-order valence-corrected chi connectivity index (χ4v) is 2.30. The number of benzene rings is 1. The standard InChI is InChI=1S/C13H16BrNO/c1-15(10-6-7-10)9-8-13(16)11-4-2-3-5-12(11)14/h2-5,10H,6-9H2,1H3. The summed E-state index contributed by atoms with van der Waals surface area (Å²) in [6.07, 6.45) is 3.19. The highest BCUT2D eigenvalue weighted by atomic mass is 79.9. The molecule has 0 aliphatic heterocycles. The van der Waals surface area contributed by atoms with Crippen molar-refractivity contribution in [3.63, 3.8) is 0 Å². The molecule has 0 unspecified atom stereocenters. The molecule has 2 rings (SSSR count). The van der Waals surface area contributed by atoms with Crippen LogP contribution in [0, 0.1) is 0 Å². The zero-order chi connectivity index (χ0) is 11.5. The van der Waals surface area contributed by atoms with Gasteiger partial charge in [-0.3, -0.25) is 4.79 Å². The monoisotopic (exact) mass is 281 g/mol. The average molecular weight is 282 g/mol. The minimum absolute atomic E-state index is 0.222. The first-order valence-corrected chi connectivity index (χ1v) is 6.46. The Kier molecular flexibility index (Phi) is 3.77. The third-order valence-corrected chi connectivity index (χ3v) is 3.73. The third kappa shape index (κ3) is 2.92. The zero-order valence-corrected chi connectivity index (χ0v) is 11.0. The molecule has 0 radical (unpaired) electrons. The van der Waals surface area contributed by atoms with Crippen LogP contribution < -0.4 is 0 Å². The van der Waals surface area contributed by atoms with E-state index >= 15 is 0 Å². The van der Waals surface area contributed by atoms with E-state index in [1.54, 1.807) is 0 Å². The van der Waals surface area contributed by atoms with Crippen molar-refractivity contribution >= 4 is 21.7 Å². The van der Waals surface area contributed by atoms with Gasteiger partial charge in [-0.05, 0) is 26.0 Å². The number of nitrogens with zero attached hydrogens (tertiary/aromatic N) is 1. The highest BCUT2D eigenvalue weighted by Crippen LogP contribution is 2.25. The summed E-state index contributed by atoms with van der Waals surface area (Å²) in [5, 5.41) is 0. The second kappa shape index (κ2) is 5.11. The van der Waals surface area contributed by atoms with Gasteiger partial charge >= 0.3 is 0 Å². The molecule has 0 atom stereocenters. The Morgan fingerprint density at radius 1 is 1.44 bits per heavy atom. The molecule has 0 saturated heterocycles. The van der Waals surface area contributed by atoms with Gasteiger partial charge in [0.1, 0.15) is 0 Å². The van der Waals surface area contributed by atoms with E-state index in [1.807, 2.05) is 24.3 Å². The topological polar surface area (TPSA) is 20.3 Å². The smallest absolute Gasteiger partial charge is 0.165 e. The van der Waals surface area contributed by atoms with Crippen molar-refractivity contribution in [2.45, 2.75) is 25.3 Å². The minimum Gasteiger partial charge on any atom is -0.303 e. The van der Waals surface area contributed by atoms with Crippen LogP contribution >= 0.6 is 15.9 Å². The van der Waals surface area contributed by atoms with Crippen LogP contribution in [0.3, 0.4) is 0 Å². The van der Waals surface area contributed by atoms with E-state index in [0.29, 0.717) is 6.42 Å². The van der Waals surface area contributed by atoms with Crippen molar-refractivity contribution in [1.82, 2.24) is 4.90 Å². The first-order valence-electron chi connectivity index (χ1n) is 5.66. The van der Waals surface area contributed by atoms with Crippen molar-refractivity contribution in [3.8, 4) is 0 Å². The molecule has 2 nitrogen and oxygen atoms in total. The van der Waals surface area contributed by atoms with Gasteiger partial charge in [-0.25, -0.2) is 0 Å². The minimum atomic E-state index is 0.222. The van der Waals surface area contributed by atoms with Crippen LogP contribution in [-0.2, 0) is 0 Å². The molecule has 1 saturated carbocycles. The summed E-state index contributed by atoms with van der Waals surface area (Å²) in [7, 11) is 2.10. The lowest BCUT2D eigenvalue weighted by molar-refractivity contribution is 0.0967. The lowest BCUT2D eigenvalue weighted by Gasteiger charge is -2.14. The maximum atomic E-state index is 12.0. The first kappa shape index (κ1) is 11.8. The summed E-state index contributed by atoms with van der Waals surface area (Å²) >= 11 is 3.41. The summed E-state index contributed by atoms with van der Waals surface area (Å²) in [6.45, 7) is 0.866. The predicted molar refractivity (Wildman–Crippen MR) is 68.7 cm³/mol. The van der Waals surface area contributed by atoms with Crippen LogP contribution in [0.25, 0.3) is 0 Å². The predicted octanol–water partition coefficient (Wildman–Crippen LogP) is 3.12. The van der Waals surface area contributed by atoms with Gasteiger partial charge in [0.15, 0.2) is 5.78 Å². The molecule has 0 aromatic heterocycles. The Balaban J connectivity index is 1.90. The number of halogens is 1. The molecule has 0 amide bonds. The number of Topliss-reactive ketones (excluding diaryl/α,β-unsaturated/α-hetero) is 1. The van der Waals surface area contributed by atoms with Gasteiger partial charge in [0.2, 0.25) is 0 Å². The summed E-state index contributed by atoms with van der Waals surface area (Å²) in [4.78, 5) is 14.2. The van der Waals surface area contributed by atoms with Crippen molar-refractivity contribution in [2.75, 3.05) is 13.6 Å². The van der Waals surface area contributed by atoms with Gasteiger partial charge in [0.05, 0.1) is 0 Å². The van der Waals surface area contributed by atoms with E-state index in [1.165, 1.54) is 12.8 Å². The molecule has 1 fully saturated rings. The highest BCUT2D eigenvalue weighted by molar-refractivity contribution is 9.10. The molecular formula is C13H16BrNO. The van der Waals surface area contributed by atoms with Crippen molar-refractivity contribution in [2.24, 2.45) is 0 Å². The fourth-order valence-electron chi connectivity index (χ4n) is 1.80. The van der Waals surface area contributed by atoms with Gasteiger partial charge in [-0.15, -0.1) is 0 Å². The molecule has 1 aliphatic rings. The molecule has 3 heteroatoms. The molecule has 16 heavy (non-hydrogen) atoms. The Morgan fingerprint density at radius 2 is 2.12 bits per heavy atom. The van der Waals surface area contributed by atoms with E-state index in [2.05, 4.69) is 27.9 Å². The Labute approximate surface area is 105 Å². The molecular weight excluding hydrogens is 266 g/mol. The number of ketones is 1. The second-order valence-electron chi connectivity index (χ2n) is 4.36. The Hall–Kier alpha value is -0.670. The number of carbonyl (C=O) groups excluding carboxylic acids is 1. The van der Waals surface area contributed by atoms with Gasteiger partial charge in [-0.2, -0.15) is 0 Å². The number of rotatable bonds is 5. The number of carbonyl (C=O) groups is 1. The summed E-state index contributed by atoms with van der Waals surface area (Å²) < 4.78 is 0.897. The van der Waals surface area contributed by atoms with E-state index in [-0.39, 0.29) is 5.78 Å². The summed E-state index contributed by atoms with van der Waals surface area (Å²) in [5.74, 6) is 0.222. The normalized spacial score (nSPS) is 15.4. The van der Waals surface area contributed by atoms with Crippen LogP contribution in [0.1, 0.15) is 29.6 Å². The van der Waals surface area contributed by atoms with Crippen LogP contribution in [-0.4, -0.2) is 30.3 Å². The SMILES string of the molecule is CN(CCC(=O)c1ccccc1Br)C1CC1. The summed E-state index contributed by atoms with van der Waals surface area (Å²) in [5.41, 5.74) is 0.798. The highest BCUT2D eigenvalue weighted by Gasteiger charge is 2.26. The van der Waals surface area contributed by atoms with Crippen molar-refractivity contribution < 1.29 is 4.79 Å². The molecule has 0 heterocycles. The largest absolute Gasteiger partial charge is 0.303 e. The first-order chi connectivity index (χ1) is 7.68. The maximum absolute atomic E-state index is 12.0. The fraction of sp³-hybridized carbons (Fsp3) is 0.462. The van der Waals surface area contributed by atoms with Gasteiger partial charge in [0, 0.05) is 29.0 Å².